The van der Waals surface area contributed by atoms with Crippen molar-refractivity contribution < 1.29 is 19.4 Å². The van der Waals surface area contributed by atoms with E-state index in [9.17, 15) is 14.7 Å². The number of aliphatic hydroxyl groups excluding tert-OH is 1. The number of nitrogens with zero attached hydrogens (tertiary/aromatic N) is 1. The van der Waals surface area contributed by atoms with Crippen molar-refractivity contribution in [3.63, 3.8) is 0 Å². The maximum absolute atomic E-state index is 12.9. The van der Waals surface area contributed by atoms with Gasteiger partial charge in [0.15, 0.2) is 5.78 Å². The van der Waals surface area contributed by atoms with E-state index in [1.165, 1.54) is 0 Å². The second-order valence-electron chi connectivity index (χ2n) is 8.21. The van der Waals surface area contributed by atoms with Crippen molar-refractivity contribution >= 4 is 17.6 Å². The molecule has 2 aromatic rings. The number of ketones is 1. The van der Waals surface area contributed by atoms with E-state index in [0.29, 0.717) is 29.8 Å². The van der Waals surface area contributed by atoms with Crippen LogP contribution in [0.15, 0.2) is 54.6 Å². The van der Waals surface area contributed by atoms with Gasteiger partial charge in [-0.25, -0.2) is 4.79 Å². The summed E-state index contributed by atoms with van der Waals surface area (Å²) in [5, 5.41) is 13.9. The minimum atomic E-state index is -1.02. The molecule has 1 aliphatic rings. The fourth-order valence-corrected chi connectivity index (χ4v) is 3.48. The zero-order valence-electron chi connectivity index (χ0n) is 17.1. The number of carbonyl (C=O) groups is 2. The highest BCUT2D eigenvalue weighted by Gasteiger charge is 2.36. The van der Waals surface area contributed by atoms with Crippen LogP contribution in [-0.2, 0) is 4.74 Å². The maximum Gasteiger partial charge on any atom is 0.410 e. The zero-order chi connectivity index (χ0) is 21.0. The first kappa shape index (κ1) is 20.9. The predicted octanol–water partition coefficient (Wildman–Crippen LogP) is 4.05. The Morgan fingerprint density at radius 3 is 2.45 bits per heavy atom. The van der Waals surface area contributed by atoms with Gasteiger partial charge < -0.3 is 20.1 Å². The molecule has 3 rings (SSSR count). The van der Waals surface area contributed by atoms with Crippen molar-refractivity contribution in [2.24, 2.45) is 0 Å². The number of carbonyl (C=O) groups excluding carboxylic acids is 2. The van der Waals surface area contributed by atoms with E-state index in [0.717, 1.165) is 6.42 Å². The molecule has 29 heavy (non-hydrogen) atoms. The van der Waals surface area contributed by atoms with Gasteiger partial charge in [-0.3, -0.25) is 4.79 Å². The van der Waals surface area contributed by atoms with Gasteiger partial charge in [-0.05, 0) is 45.7 Å². The first-order valence-corrected chi connectivity index (χ1v) is 9.89. The molecule has 1 amide bonds. The number of ether oxygens (including phenoxy) is 1. The van der Waals surface area contributed by atoms with Gasteiger partial charge in [0.25, 0.3) is 0 Å². The minimum absolute atomic E-state index is 0.128. The molecule has 0 aliphatic carbocycles. The van der Waals surface area contributed by atoms with Gasteiger partial charge >= 0.3 is 6.09 Å². The van der Waals surface area contributed by atoms with Gasteiger partial charge in [0, 0.05) is 23.4 Å². The van der Waals surface area contributed by atoms with E-state index < -0.39 is 24.0 Å². The third kappa shape index (κ3) is 5.15. The fourth-order valence-electron chi connectivity index (χ4n) is 3.48. The highest BCUT2D eigenvalue weighted by molar-refractivity contribution is 6.12. The zero-order valence-corrected chi connectivity index (χ0v) is 17.1. The molecule has 2 N–H and O–H groups in total. The predicted molar refractivity (Wildman–Crippen MR) is 112 cm³/mol. The van der Waals surface area contributed by atoms with Crippen molar-refractivity contribution in [1.82, 2.24) is 4.90 Å². The maximum atomic E-state index is 12.9. The average molecular weight is 396 g/mol. The molecule has 0 aromatic heterocycles. The second kappa shape index (κ2) is 8.66. The van der Waals surface area contributed by atoms with Crippen LogP contribution < -0.4 is 5.32 Å². The van der Waals surface area contributed by atoms with Crippen LogP contribution in [0.3, 0.4) is 0 Å². The molecule has 0 spiro atoms. The summed E-state index contributed by atoms with van der Waals surface area (Å²) < 4.78 is 5.47. The van der Waals surface area contributed by atoms with Crippen molar-refractivity contribution in [3.8, 4) is 0 Å². The Bertz CT molecular complexity index is 861. The van der Waals surface area contributed by atoms with E-state index in [4.69, 9.17) is 4.74 Å². The van der Waals surface area contributed by atoms with Crippen LogP contribution in [0, 0.1) is 0 Å². The van der Waals surface area contributed by atoms with Gasteiger partial charge in [0.05, 0.1) is 6.04 Å². The molecule has 1 aliphatic heterocycles. The highest BCUT2D eigenvalue weighted by Crippen LogP contribution is 2.26. The largest absolute Gasteiger partial charge is 0.444 e. The average Bonchev–Trinajstić information content (AvgIpc) is 3.17. The number of benzene rings is 2. The number of aliphatic hydroxyl groups is 1. The van der Waals surface area contributed by atoms with Gasteiger partial charge in [-0.1, -0.05) is 42.5 Å². The minimum Gasteiger partial charge on any atom is -0.444 e. The van der Waals surface area contributed by atoms with Crippen molar-refractivity contribution in [1.29, 1.82) is 0 Å². The lowest BCUT2D eigenvalue weighted by Crippen LogP contribution is -2.47. The van der Waals surface area contributed by atoms with Crippen LogP contribution in [0.25, 0.3) is 0 Å². The molecule has 1 fully saturated rings. The summed E-state index contributed by atoms with van der Waals surface area (Å²) in [5.41, 5.74) is 0.981. The van der Waals surface area contributed by atoms with Crippen LogP contribution in [0.4, 0.5) is 10.5 Å². The molecular formula is C23H28N2O4. The van der Waals surface area contributed by atoms with Crippen molar-refractivity contribution in [2.75, 3.05) is 11.9 Å². The molecule has 6 nitrogen and oxygen atoms in total. The number of likely N-dealkylation sites (tertiary alicyclic amines) is 1. The SMILES string of the molecule is CC(C)(C)OC(=O)N1CCC[C@@H]1C(O)Nc1ccccc1C(=O)c1ccccc1. The third-order valence-electron chi connectivity index (χ3n) is 4.80. The van der Waals surface area contributed by atoms with Crippen LogP contribution in [-0.4, -0.2) is 46.3 Å². The van der Waals surface area contributed by atoms with Crippen LogP contribution in [0.2, 0.25) is 0 Å². The second-order valence-corrected chi connectivity index (χ2v) is 8.21. The van der Waals surface area contributed by atoms with Gasteiger partial charge in [0.2, 0.25) is 0 Å². The van der Waals surface area contributed by atoms with Crippen molar-refractivity contribution in [3.05, 3.63) is 65.7 Å². The molecule has 1 unspecified atom stereocenters. The molecule has 2 atom stereocenters. The van der Waals surface area contributed by atoms with E-state index in [1.807, 2.05) is 39.0 Å². The number of anilines is 1. The Morgan fingerprint density at radius 1 is 1.10 bits per heavy atom. The Hall–Kier alpha value is -2.86. The van der Waals surface area contributed by atoms with Gasteiger partial charge in [0.1, 0.15) is 11.8 Å². The Labute approximate surface area is 171 Å². The lowest BCUT2D eigenvalue weighted by atomic mass is 10.0. The smallest absolute Gasteiger partial charge is 0.410 e. The Kier molecular flexibility index (Phi) is 6.23. The molecule has 1 saturated heterocycles. The number of nitrogens with one attached hydrogen (secondary N) is 1. The summed E-state index contributed by atoms with van der Waals surface area (Å²) >= 11 is 0. The molecule has 1 heterocycles. The number of hydrogen-bond acceptors (Lipinski definition) is 5. The van der Waals surface area contributed by atoms with E-state index in [1.54, 1.807) is 41.3 Å². The topological polar surface area (TPSA) is 78.9 Å². The lowest BCUT2D eigenvalue weighted by Gasteiger charge is -2.31. The summed E-state index contributed by atoms with van der Waals surface area (Å²) in [6.07, 6.45) is -0.0145. The number of amides is 1. The fraction of sp³-hybridized carbons (Fsp3) is 0.391. The number of para-hydroxylation sites is 1. The summed E-state index contributed by atoms with van der Waals surface area (Å²) in [5.74, 6) is -0.128. The van der Waals surface area contributed by atoms with Crippen molar-refractivity contribution in [2.45, 2.75) is 51.5 Å². The molecule has 0 saturated carbocycles. The standard InChI is InChI=1S/C23H28N2O4/c1-23(2,3)29-22(28)25-15-9-14-19(25)21(27)24-18-13-8-7-12-17(18)20(26)16-10-5-4-6-11-16/h4-8,10-13,19,21,24,27H,9,14-15H2,1-3H3/t19-,21?/m1/s1. The highest BCUT2D eigenvalue weighted by atomic mass is 16.6. The van der Waals surface area contributed by atoms with Crippen LogP contribution >= 0.6 is 0 Å². The molecule has 6 heteroatoms. The lowest BCUT2D eigenvalue weighted by molar-refractivity contribution is 0.00920. The van der Waals surface area contributed by atoms with E-state index in [-0.39, 0.29) is 5.78 Å². The quantitative estimate of drug-likeness (QED) is 0.589. The van der Waals surface area contributed by atoms with E-state index in [2.05, 4.69) is 5.32 Å². The summed E-state index contributed by atoms with van der Waals surface area (Å²) in [4.78, 5) is 27.0. The Morgan fingerprint density at radius 2 is 1.76 bits per heavy atom. The summed E-state index contributed by atoms with van der Waals surface area (Å²) in [7, 11) is 0. The monoisotopic (exact) mass is 396 g/mol. The van der Waals surface area contributed by atoms with Crippen LogP contribution in [0.5, 0.6) is 0 Å². The molecule has 0 radical (unpaired) electrons. The van der Waals surface area contributed by atoms with Gasteiger partial charge in [-0.2, -0.15) is 0 Å². The molecule has 2 aromatic carbocycles. The number of rotatable bonds is 5. The molecular weight excluding hydrogens is 368 g/mol. The normalized spacial score (nSPS) is 17.7. The first-order chi connectivity index (χ1) is 13.8. The summed E-state index contributed by atoms with van der Waals surface area (Å²) in [6.45, 7) is 5.98. The summed E-state index contributed by atoms with van der Waals surface area (Å²) in [6, 6.07) is 15.7. The molecule has 154 valence electrons. The Balaban J connectivity index is 1.76. The molecule has 0 bridgehead atoms. The first-order valence-electron chi connectivity index (χ1n) is 9.89. The third-order valence-corrected chi connectivity index (χ3v) is 4.80. The van der Waals surface area contributed by atoms with E-state index >= 15 is 0 Å². The number of hydrogen-bond donors (Lipinski definition) is 2. The van der Waals surface area contributed by atoms with Crippen LogP contribution in [0.1, 0.15) is 49.5 Å². The van der Waals surface area contributed by atoms with Gasteiger partial charge in [-0.15, -0.1) is 0 Å².